The maximum atomic E-state index is 12.2. The van der Waals surface area contributed by atoms with Crippen LogP contribution in [0.1, 0.15) is 10.4 Å². The predicted octanol–water partition coefficient (Wildman–Crippen LogP) is 2.84. The molecule has 0 aliphatic heterocycles. The molecule has 2 N–H and O–H groups in total. The molecule has 1 aromatic heterocycles. The Hall–Kier alpha value is -1.39. The summed E-state index contributed by atoms with van der Waals surface area (Å²) in [5, 5.41) is 8.98. The molecule has 0 aliphatic rings. The number of sulfonamides is 1. The second-order valence-corrected chi connectivity index (χ2v) is 7.15. The molecule has 0 saturated heterocycles. The van der Waals surface area contributed by atoms with Crippen LogP contribution in [0.5, 0.6) is 0 Å². The molecule has 0 saturated carbocycles. The number of rotatable bonds is 4. The average molecular weight is 439 g/mol. The number of aromatic nitrogens is 1. The normalized spacial score (nSPS) is 11.1. The number of nitrogens with zero attached hydrogens (tertiary/aromatic N) is 1. The standard InChI is InChI=1S/C12H8ClIN2O4S/c13-8-2-3-10(9(14)5-8)16-21(19,20)11-4-1-7(6-15-11)12(17)18/h1-6,16H,(H,17,18). The van der Waals surface area contributed by atoms with E-state index in [4.69, 9.17) is 16.7 Å². The van der Waals surface area contributed by atoms with Crippen LogP contribution in [0.15, 0.2) is 41.6 Å². The van der Waals surface area contributed by atoms with Gasteiger partial charge in [0.2, 0.25) is 0 Å². The van der Waals surface area contributed by atoms with Crippen LogP contribution in [0.4, 0.5) is 5.69 Å². The molecule has 2 rings (SSSR count). The smallest absolute Gasteiger partial charge is 0.337 e. The van der Waals surface area contributed by atoms with E-state index in [-0.39, 0.29) is 10.6 Å². The van der Waals surface area contributed by atoms with Crippen molar-refractivity contribution in [3.8, 4) is 0 Å². The first-order valence-corrected chi connectivity index (χ1v) is 8.41. The third-order valence-corrected chi connectivity index (χ3v) is 4.84. The fraction of sp³-hybridized carbons (Fsp3) is 0. The summed E-state index contributed by atoms with van der Waals surface area (Å²) in [6, 6.07) is 7.02. The zero-order chi connectivity index (χ0) is 15.6. The molecule has 0 fully saturated rings. The minimum Gasteiger partial charge on any atom is -0.478 e. The van der Waals surface area contributed by atoms with Gasteiger partial charge in [0.05, 0.1) is 11.3 Å². The first kappa shape index (κ1) is 16.0. The second kappa shape index (κ2) is 6.16. The van der Waals surface area contributed by atoms with E-state index in [0.29, 0.717) is 14.3 Å². The molecule has 9 heteroatoms. The Morgan fingerprint density at radius 3 is 2.52 bits per heavy atom. The van der Waals surface area contributed by atoms with Gasteiger partial charge in [-0.1, -0.05) is 11.6 Å². The number of nitrogens with one attached hydrogen (secondary N) is 1. The van der Waals surface area contributed by atoms with Gasteiger partial charge in [0, 0.05) is 14.8 Å². The topological polar surface area (TPSA) is 96.4 Å². The van der Waals surface area contributed by atoms with Crippen molar-refractivity contribution in [3.63, 3.8) is 0 Å². The zero-order valence-electron chi connectivity index (χ0n) is 10.2. The van der Waals surface area contributed by atoms with Crippen LogP contribution in [-0.2, 0) is 10.0 Å². The van der Waals surface area contributed by atoms with Gasteiger partial charge in [-0.05, 0) is 52.9 Å². The SMILES string of the molecule is O=C(O)c1ccc(S(=O)(=O)Nc2ccc(Cl)cc2I)nc1. The molecule has 6 nitrogen and oxygen atoms in total. The molecule has 0 amide bonds. The molecule has 0 unspecified atom stereocenters. The number of pyridine rings is 1. The summed E-state index contributed by atoms with van der Waals surface area (Å²) in [7, 11) is -3.89. The lowest BCUT2D eigenvalue weighted by atomic mass is 10.3. The highest BCUT2D eigenvalue weighted by atomic mass is 127. The fourth-order valence-corrected chi connectivity index (χ4v) is 3.64. The number of halogens is 2. The lowest BCUT2D eigenvalue weighted by Crippen LogP contribution is -2.15. The van der Waals surface area contributed by atoms with Crippen LogP contribution in [0.25, 0.3) is 0 Å². The molecule has 0 radical (unpaired) electrons. The first-order chi connectivity index (χ1) is 9.79. The minimum atomic E-state index is -3.89. The van der Waals surface area contributed by atoms with Crippen LogP contribution in [-0.4, -0.2) is 24.5 Å². The van der Waals surface area contributed by atoms with Crippen molar-refractivity contribution in [2.75, 3.05) is 4.72 Å². The molecule has 1 aromatic carbocycles. The number of carboxylic acid groups (broad SMARTS) is 1. The summed E-state index contributed by atoms with van der Waals surface area (Å²) in [5.74, 6) is -1.17. The van der Waals surface area contributed by atoms with E-state index in [9.17, 15) is 13.2 Å². The van der Waals surface area contributed by atoms with Crippen LogP contribution in [0, 0.1) is 3.57 Å². The molecule has 110 valence electrons. The minimum absolute atomic E-state index is 0.0879. The summed E-state index contributed by atoms with van der Waals surface area (Å²) < 4.78 is 27.3. The van der Waals surface area contributed by atoms with E-state index in [1.807, 2.05) is 22.6 Å². The van der Waals surface area contributed by atoms with Gasteiger partial charge < -0.3 is 5.11 Å². The molecular formula is C12H8ClIN2O4S. The molecule has 2 aromatic rings. The first-order valence-electron chi connectivity index (χ1n) is 5.47. The van der Waals surface area contributed by atoms with E-state index >= 15 is 0 Å². The molecular weight excluding hydrogens is 431 g/mol. The molecule has 0 atom stereocenters. The number of benzene rings is 1. The van der Waals surface area contributed by atoms with Gasteiger partial charge in [-0.2, -0.15) is 8.42 Å². The van der Waals surface area contributed by atoms with Crippen LogP contribution in [0.3, 0.4) is 0 Å². The maximum Gasteiger partial charge on any atom is 0.337 e. The van der Waals surface area contributed by atoms with Crippen LogP contribution >= 0.6 is 34.2 Å². The Morgan fingerprint density at radius 2 is 2.00 bits per heavy atom. The number of aromatic carboxylic acids is 1. The second-order valence-electron chi connectivity index (χ2n) is 3.92. The van der Waals surface area contributed by atoms with Gasteiger partial charge in [-0.15, -0.1) is 0 Å². The number of anilines is 1. The Balaban J connectivity index is 2.31. The van der Waals surface area contributed by atoms with Crippen molar-refractivity contribution in [2.45, 2.75) is 5.03 Å². The predicted molar refractivity (Wildman–Crippen MR) is 86.2 cm³/mol. The van der Waals surface area contributed by atoms with Crippen LogP contribution < -0.4 is 4.72 Å². The van der Waals surface area contributed by atoms with Gasteiger partial charge in [-0.3, -0.25) is 4.72 Å². The molecule has 21 heavy (non-hydrogen) atoms. The van der Waals surface area contributed by atoms with Gasteiger partial charge in [0.25, 0.3) is 10.0 Å². The highest BCUT2D eigenvalue weighted by Gasteiger charge is 2.18. The molecule has 1 heterocycles. The summed E-state index contributed by atoms with van der Waals surface area (Å²) in [6.45, 7) is 0. The summed E-state index contributed by atoms with van der Waals surface area (Å²) >= 11 is 7.75. The summed E-state index contributed by atoms with van der Waals surface area (Å²) in [4.78, 5) is 14.4. The van der Waals surface area contributed by atoms with Crippen LogP contribution in [0.2, 0.25) is 5.02 Å². The largest absolute Gasteiger partial charge is 0.478 e. The van der Waals surface area contributed by atoms with Crippen molar-refractivity contribution in [1.82, 2.24) is 4.98 Å². The van der Waals surface area contributed by atoms with Crippen molar-refractivity contribution in [1.29, 1.82) is 0 Å². The van der Waals surface area contributed by atoms with E-state index in [1.54, 1.807) is 12.1 Å². The number of carbonyl (C=O) groups is 1. The Bertz CT molecular complexity index is 793. The van der Waals surface area contributed by atoms with Gasteiger partial charge in [0.15, 0.2) is 5.03 Å². The third-order valence-electron chi connectivity index (χ3n) is 2.43. The van der Waals surface area contributed by atoms with Crippen molar-refractivity contribution in [3.05, 3.63) is 50.7 Å². The summed E-state index contributed by atoms with van der Waals surface area (Å²) in [6.07, 6.45) is 0.990. The van der Waals surface area contributed by atoms with E-state index < -0.39 is 16.0 Å². The summed E-state index contributed by atoms with van der Waals surface area (Å²) in [5.41, 5.74) is 0.277. The van der Waals surface area contributed by atoms with Crippen molar-refractivity contribution < 1.29 is 18.3 Å². The quantitative estimate of drug-likeness (QED) is 0.716. The number of hydrogen-bond acceptors (Lipinski definition) is 4. The van der Waals surface area contributed by atoms with Crippen molar-refractivity contribution in [2.24, 2.45) is 0 Å². The molecule has 0 aliphatic carbocycles. The van der Waals surface area contributed by atoms with E-state index in [0.717, 1.165) is 12.3 Å². The Labute approximate surface area is 139 Å². The number of hydrogen-bond donors (Lipinski definition) is 2. The highest BCUT2D eigenvalue weighted by Crippen LogP contribution is 2.24. The van der Waals surface area contributed by atoms with E-state index in [1.165, 1.54) is 12.1 Å². The lowest BCUT2D eigenvalue weighted by molar-refractivity contribution is 0.0696. The lowest BCUT2D eigenvalue weighted by Gasteiger charge is -2.09. The third kappa shape index (κ3) is 3.83. The fourth-order valence-electron chi connectivity index (χ4n) is 1.44. The number of carboxylic acids is 1. The van der Waals surface area contributed by atoms with Crippen molar-refractivity contribution >= 4 is 55.9 Å². The molecule has 0 bridgehead atoms. The van der Waals surface area contributed by atoms with Gasteiger partial charge in [-0.25, -0.2) is 9.78 Å². The Morgan fingerprint density at radius 1 is 1.29 bits per heavy atom. The van der Waals surface area contributed by atoms with E-state index in [2.05, 4.69) is 9.71 Å². The van der Waals surface area contributed by atoms with Gasteiger partial charge in [0.1, 0.15) is 0 Å². The zero-order valence-corrected chi connectivity index (χ0v) is 14.0. The molecule has 0 spiro atoms. The average Bonchev–Trinajstić information content (AvgIpc) is 2.42. The maximum absolute atomic E-state index is 12.2. The van der Waals surface area contributed by atoms with Gasteiger partial charge >= 0.3 is 5.97 Å². The monoisotopic (exact) mass is 438 g/mol. The Kier molecular flexibility index (Phi) is 4.69. The highest BCUT2D eigenvalue weighted by molar-refractivity contribution is 14.1.